The van der Waals surface area contributed by atoms with Crippen LogP contribution in [0.25, 0.3) is 11.1 Å². The molecule has 2 heteroatoms. The molecule has 0 fully saturated rings. The summed E-state index contributed by atoms with van der Waals surface area (Å²) in [5.74, 6) is 0.0483. The molecule has 0 saturated heterocycles. The van der Waals surface area contributed by atoms with Crippen molar-refractivity contribution in [1.82, 2.24) is 0 Å². The highest BCUT2D eigenvalue weighted by Gasteiger charge is 2.23. The molecular weight excluding hydrogens is 210 g/mol. The third-order valence-electron chi connectivity index (χ3n) is 3.37. The van der Waals surface area contributed by atoms with Gasteiger partial charge in [-0.25, -0.2) is 0 Å². The Hall–Kier alpha value is -2.09. The van der Waals surface area contributed by atoms with Crippen molar-refractivity contribution >= 4 is 11.5 Å². The van der Waals surface area contributed by atoms with Crippen molar-refractivity contribution in [2.45, 2.75) is 13.3 Å². The molecule has 1 aliphatic rings. The van der Waals surface area contributed by atoms with Gasteiger partial charge < -0.3 is 5.73 Å². The Bertz CT molecular complexity index is 629. The van der Waals surface area contributed by atoms with Crippen LogP contribution in [0.1, 0.15) is 28.4 Å². The maximum Gasteiger partial charge on any atom is 0.162 e. The van der Waals surface area contributed by atoms with Gasteiger partial charge in [0.05, 0.1) is 0 Å². The highest BCUT2D eigenvalue weighted by atomic mass is 16.1. The molecule has 2 aromatic carbocycles. The highest BCUT2D eigenvalue weighted by molar-refractivity contribution is 6.03. The lowest BCUT2D eigenvalue weighted by Crippen LogP contribution is -2.04. The Morgan fingerprint density at radius 2 is 1.88 bits per heavy atom. The SMILES string of the molecule is CC(=O)c1c(N)ccc2c1Cc1ccccc1-2. The molecule has 2 nitrogen and oxygen atoms in total. The van der Waals surface area contributed by atoms with Crippen LogP contribution in [0.4, 0.5) is 5.69 Å². The van der Waals surface area contributed by atoms with Gasteiger partial charge in [0.25, 0.3) is 0 Å². The maximum atomic E-state index is 11.7. The predicted molar refractivity (Wildman–Crippen MR) is 69.1 cm³/mol. The minimum Gasteiger partial charge on any atom is -0.398 e. The fourth-order valence-corrected chi connectivity index (χ4v) is 2.65. The number of carbonyl (C=O) groups excluding carboxylic acids is 1. The molecule has 0 radical (unpaired) electrons. The Balaban J connectivity index is 2.31. The molecular formula is C15H13NO. The highest BCUT2D eigenvalue weighted by Crippen LogP contribution is 2.39. The summed E-state index contributed by atoms with van der Waals surface area (Å²) < 4.78 is 0. The monoisotopic (exact) mass is 223 g/mol. The normalized spacial score (nSPS) is 12.1. The van der Waals surface area contributed by atoms with E-state index in [1.54, 1.807) is 6.92 Å². The van der Waals surface area contributed by atoms with Crippen molar-refractivity contribution in [3.05, 3.63) is 53.1 Å². The Morgan fingerprint density at radius 3 is 2.65 bits per heavy atom. The molecule has 3 rings (SSSR count). The van der Waals surface area contributed by atoms with Gasteiger partial charge in [-0.15, -0.1) is 0 Å². The van der Waals surface area contributed by atoms with Crippen LogP contribution < -0.4 is 5.73 Å². The first-order valence-corrected chi connectivity index (χ1v) is 5.69. The molecule has 0 amide bonds. The van der Waals surface area contributed by atoms with Crippen molar-refractivity contribution in [1.29, 1.82) is 0 Å². The molecule has 0 unspecified atom stereocenters. The minimum absolute atomic E-state index is 0.0483. The van der Waals surface area contributed by atoms with Gasteiger partial charge in [-0.05, 0) is 41.7 Å². The van der Waals surface area contributed by atoms with Crippen molar-refractivity contribution in [2.24, 2.45) is 0 Å². The zero-order chi connectivity index (χ0) is 12.0. The van der Waals surface area contributed by atoms with Gasteiger partial charge in [0, 0.05) is 11.3 Å². The number of benzene rings is 2. The first kappa shape index (κ1) is 10.1. The number of ketones is 1. The summed E-state index contributed by atoms with van der Waals surface area (Å²) in [5.41, 5.74) is 11.9. The number of carbonyl (C=O) groups is 1. The fraction of sp³-hybridized carbons (Fsp3) is 0.133. The third kappa shape index (κ3) is 1.37. The van der Waals surface area contributed by atoms with E-state index in [4.69, 9.17) is 5.73 Å². The van der Waals surface area contributed by atoms with Gasteiger partial charge in [-0.1, -0.05) is 30.3 Å². The van der Waals surface area contributed by atoms with Crippen LogP contribution in [0.5, 0.6) is 0 Å². The largest absolute Gasteiger partial charge is 0.398 e. The molecule has 0 saturated carbocycles. The topological polar surface area (TPSA) is 43.1 Å². The average Bonchev–Trinajstić information content (AvgIpc) is 2.66. The van der Waals surface area contributed by atoms with Gasteiger partial charge >= 0.3 is 0 Å². The molecule has 84 valence electrons. The lowest BCUT2D eigenvalue weighted by molar-refractivity contribution is 0.101. The van der Waals surface area contributed by atoms with Crippen molar-refractivity contribution in [2.75, 3.05) is 5.73 Å². The van der Waals surface area contributed by atoms with Crippen molar-refractivity contribution in [3.8, 4) is 11.1 Å². The molecule has 17 heavy (non-hydrogen) atoms. The first-order chi connectivity index (χ1) is 8.18. The summed E-state index contributed by atoms with van der Waals surface area (Å²) in [5, 5.41) is 0. The molecule has 0 aliphatic heterocycles. The van der Waals surface area contributed by atoms with E-state index in [1.165, 1.54) is 11.1 Å². The summed E-state index contributed by atoms with van der Waals surface area (Å²) in [7, 11) is 0. The summed E-state index contributed by atoms with van der Waals surface area (Å²) in [6, 6.07) is 12.1. The van der Waals surface area contributed by atoms with Crippen LogP contribution >= 0.6 is 0 Å². The minimum atomic E-state index is 0.0483. The molecule has 2 N–H and O–H groups in total. The van der Waals surface area contributed by atoms with Crippen LogP contribution in [0, 0.1) is 0 Å². The number of nitrogen functional groups attached to an aromatic ring is 1. The molecule has 0 bridgehead atoms. The fourth-order valence-electron chi connectivity index (χ4n) is 2.65. The molecule has 2 aromatic rings. The number of hydrogen-bond acceptors (Lipinski definition) is 2. The predicted octanol–water partition coefficient (Wildman–Crippen LogP) is 3.04. The molecule has 0 spiro atoms. The van der Waals surface area contributed by atoms with E-state index < -0.39 is 0 Å². The second-order valence-corrected chi connectivity index (χ2v) is 4.45. The van der Waals surface area contributed by atoms with E-state index >= 15 is 0 Å². The van der Waals surface area contributed by atoms with Crippen molar-refractivity contribution in [3.63, 3.8) is 0 Å². The number of anilines is 1. The summed E-state index contributed by atoms with van der Waals surface area (Å²) >= 11 is 0. The number of fused-ring (bicyclic) bond motifs is 3. The van der Waals surface area contributed by atoms with Crippen LogP contribution in [-0.4, -0.2) is 5.78 Å². The Kier molecular flexibility index (Phi) is 2.05. The molecule has 0 atom stereocenters. The van der Waals surface area contributed by atoms with Crippen LogP contribution in [0.3, 0.4) is 0 Å². The second kappa shape index (κ2) is 3.45. The number of rotatable bonds is 1. The Morgan fingerprint density at radius 1 is 1.12 bits per heavy atom. The lowest BCUT2D eigenvalue weighted by Gasteiger charge is -2.08. The van der Waals surface area contributed by atoms with Gasteiger partial charge in [0.1, 0.15) is 0 Å². The van der Waals surface area contributed by atoms with Gasteiger partial charge in [0.15, 0.2) is 5.78 Å². The zero-order valence-electron chi connectivity index (χ0n) is 9.66. The van der Waals surface area contributed by atoms with Gasteiger partial charge in [0.2, 0.25) is 0 Å². The standard InChI is InChI=1S/C15H13NO/c1-9(17)15-13-8-10-4-2-3-5-11(10)12(13)6-7-14(15)16/h2-7H,8,16H2,1H3. The summed E-state index contributed by atoms with van der Waals surface area (Å²) in [4.78, 5) is 11.7. The quantitative estimate of drug-likeness (QED) is 0.509. The first-order valence-electron chi connectivity index (χ1n) is 5.69. The van der Waals surface area contributed by atoms with Gasteiger partial charge in [-0.3, -0.25) is 4.79 Å². The number of hydrogen-bond donors (Lipinski definition) is 1. The molecule has 0 aromatic heterocycles. The molecule has 1 aliphatic carbocycles. The van der Waals surface area contributed by atoms with E-state index in [0.717, 1.165) is 17.5 Å². The third-order valence-corrected chi connectivity index (χ3v) is 3.37. The summed E-state index contributed by atoms with van der Waals surface area (Å²) in [6.45, 7) is 1.58. The zero-order valence-corrected chi connectivity index (χ0v) is 9.66. The van der Waals surface area contributed by atoms with Gasteiger partial charge in [-0.2, -0.15) is 0 Å². The van der Waals surface area contributed by atoms with E-state index in [9.17, 15) is 4.79 Å². The molecule has 0 heterocycles. The van der Waals surface area contributed by atoms with Crippen LogP contribution in [-0.2, 0) is 6.42 Å². The maximum absolute atomic E-state index is 11.7. The second-order valence-electron chi connectivity index (χ2n) is 4.45. The van der Waals surface area contributed by atoms with E-state index in [1.807, 2.05) is 24.3 Å². The van der Waals surface area contributed by atoms with E-state index in [-0.39, 0.29) is 5.78 Å². The Labute approximate surface area is 100 Å². The van der Waals surface area contributed by atoms with Crippen LogP contribution in [0.2, 0.25) is 0 Å². The van der Waals surface area contributed by atoms with Crippen LogP contribution in [0.15, 0.2) is 36.4 Å². The van der Waals surface area contributed by atoms with E-state index in [0.29, 0.717) is 11.3 Å². The average molecular weight is 223 g/mol. The van der Waals surface area contributed by atoms with E-state index in [2.05, 4.69) is 12.1 Å². The lowest BCUT2D eigenvalue weighted by atomic mass is 9.97. The smallest absolute Gasteiger partial charge is 0.162 e. The number of nitrogens with two attached hydrogens (primary N) is 1. The van der Waals surface area contributed by atoms with Crippen molar-refractivity contribution < 1.29 is 4.79 Å². The number of Topliss-reactive ketones (excluding diaryl/α,β-unsaturated/α-hetero) is 1. The summed E-state index contributed by atoms with van der Waals surface area (Å²) in [6.07, 6.45) is 0.811.